The highest BCUT2D eigenvalue weighted by Gasteiger charge is 2.32. The van der Waals surface area contributed by atoms with Crippen molar-refractivity contribution in [1.29, 1.82) is 0 Å². The van der Waals surface area contributed by atoms with Crippen molar-refractivity contribution < 1.29 is 13.3 Å². The quantitative estimate of drug-likeness (QED) is 0.450. The van der Waals surface area contributed by atoms with E-state index >= 15 is 0 Å². The Morgan fingerprint density at radius 1 is 1.57 bits per heavy atom. The van der Waals surface area contributed by atoms with Crippen LogP contribution in [0.1, 0.15) is 0 Å². The molecule has 0 saturated carbocycles. The van der Waals surface area contributed by atoms with Crippen LogP contribution in [0.15, 0.2) is 12.1 Å². The number of nitrogens with zero attached hydrogens (tertiary/aromatic N) is 3. The van der Waals surface area contributed by atoms with Crippen molar-refractivity contribution in [2.24, 2.45) is 5.84 Å². The second kappa shape index (κ2) is 6.03. The predicted octanol–water partition coefficient (Wildman–Crippen LogP) is 0.199. The molecule has 0 amide bonds. The summed E-state index contributed by atoms with van der Waals surface area (Å²) < 4.78 is 23.8. The number of aromatic nitrogens is 1. The van der Waals surface area contributed by atoms with Gasteiger partial charge in [-0.3, -0.25) is 10.1 Å². The van der Waals surface area contributed by atoms with Crippen molar-refractivity contribution in [3.63, 3.8) is 0 Å². The van der Waals surface area contributed by atoms with Crippen LogP contribution in [-0.4, -0.2) is 48.0 Å². The molecule has 1 aromatic rings. The summed E-state index contributed by atoms with van der Waals surface area (Å²) in [5.41, 5.74) is 2.06. The van der Waals surface area contributed by atoms with Gasteiger partial charge in [0.15, 0.2) is 9.84 Å². The van der Waals surface area contributed by atoms with Crippen LogP contribution in [0.25, 0.3) is 0 Å². The third-order valence-electron chi connectivity index (χ3n) is 3.03. The first-order chi connectivity index (χ1) is 9.82. The molecule has 21 heavy (non-hydrogen) atoms. The maximum Gasteiger partial charge on any atom is 0.276 e. The summed E-state index contributed by atoms with van der Waals surface area (Å²) in [6.45, 7) is 0.445. The molecular weight excluding hydrogens is 318 g/mol. The summed E-state index contributed by atoms with van der Waals surface area (Å²) in [6, 6.07) is 2.45. The van der Waals surface area contributed by atoms with Gasteiger partial charge in [-0.25, -0.2) is 19.2 Å². The predicted molar refractivity (Wildman–Crippen MR) is 82.0 cm³/mol. The molecule has 116 valence electrons. The van der Waals surface area contributed by atoms with E-state index in [1.807, 2.05) is 0 Å². The number of rotatable bonds is 4. The highest BCUT2D eigenvalue weighted by atomic mass is 32.2. The fraction of sp³-hybridized carbons (Fsp3) is 0.500. The van der Waals surface area contributed by atoms with E-state index in [0.29, 0.717) is 12.3 Å². The maximum absolute atomic E-state index is 11.9. The van der Waals surface area contributed by atoms with Gasteiger partial charge in [-0.05, 0) is 0 Å². The molecule has 1 fully saturated rings. The van der Waals surface area contributed by atoms with E-state index in [1.165, 1.54) is 23.9 Å². The molecule has 1 aromatic heterocycles. The van der Waals surface area contributed by atoms with Crippen LogP contribution < -0.4 is 16.2 Å². The molecule has 0 radical (unpaired) electrons. The first-order valence-electron chi connectivity index (χ1n) is 5.99. The Morgan fingerprint density at radius 2 is 2.29 bits per heavy atom. The number of sulfone groups is 1. The van der Waals surface area contributed by atoms with Crippen LogP contribution in [0.3, 0.4) is 0 Å². The normalized spacial score (nSPS) is 19.3. The number of anilines is 2. The van der Waals surface area contributed by atoms with Crippen molar-refractivity contribution in [3.8, 4) is 0 Å². The monoisotopic (exact) mass is 333 g/mol. The topological polar surface area (TPSA) is 131 Å². The highest BCUT2D eigenvalue weighted by Crippen LogP contribution is 2.29. The second-order valence-electron chi connectivity index (χ2n) is 4.52. The van der Waals surface area contributed by atoms with Gasteiger partial charge in [-0.1, -0.05) is 0 Å². The Kier molecular flexibility index (Phi) is 4.54. The number of thioether (sulfide) groups is 1. The second-order valence-corrected chi connectivity index (χ2v) is 7.88. The van der Waals surface area contributed by atoms with Gasteiger partial charge in [0.25, 0.3) is 5.69 Å². The van der Waals surface area contributed by atoms with E-state index in [1.54, 1.807) is 4.90 Å². The minimum absolute atomic E-state index is 0.115. The lowest BCUT2D eigenvalue weighted by Crippen LogP contribution is -2.47. The lowest BCUT2D eigenvalue weighted by atomic mass is 10.3. The molecule has 3 N–H and O–H groups in total. The zero-order chi connectivity index (χ0) is 15.6. The van der Waals surface area contributed by atoms with Gasteiger partial charge >= 0.3 is 0 Å². The molecule has 1 aliphatic heterocycles. The van der Waals surface area contributed by atoms with E-state index in [2.05, 4.69) is 10.4 Å². The van der Waals surface area contributed by atoms with Crippen molar-refractivity contribution in [2.75, 3.05) is 34.6 Å². The van der Waals surface area contributed by atoms with Crippen LogP contribution in [0, 0.1) is 10.1 Å². The number of hydrogen-bond acceptors (Lipinski definition) is 9. The Bertz CT molecular complexity index is 651. The molecule has 9 nitrogen and oxygen atoms in total. The van der Waals surface area contributed by atoms with Crippen molar-refractivity contribution in [2.45, 2.75) is 5.37 Å². The number of hydrazine groups is 1. The number of pyridine rings is 1. The van der Waals surface area contributed by atoms with E-state index < -0.39 is 20.1 Å². The standard InChI is InChI=1S/C10H15N5O4S2/c1-21(18,19)10-6-20-3-2-14(10)9-5-7(15(16)17)4-8(12-9)13-11/h4-5,10H,2-3,6,11H2,1H3,(H,12,13). The minimum Gasteiger partial charge on any atom is -0.338 e. The van der Waals surface area contributed by atoms with Gasteiger partial charge < -0.3 is 10.3 Å². The van der Waals surface area contributed by atoms with Crippen molar-refractivity contribution >= 4 is 38.9 Å². The minimum atomic E-state index is -3.33. The van der Waals surface area contributed by atoms with Gasteiger partial charge in [0, 0.05) is 24.3 Å². The van der Waals surface area contributed by atoms with E-state index in [4.69, 9.17) is 5.84 Å². The summed E-state index contributed by atoms with van der Waals surface area (Å²) in [5.74, 6) is 6.73. The van der Waals surface area contributed by atoms with Crippen LogP contribution >= 0.6 is 11.8 Å². The van der Waals surface area contributed by atoms with Gasteiger partial charge in [-0.2, -0.15) is 11.8 Å². The molecule has 1 unspecified atom stereocenters. The highest BCUT2D eigenvalue weighted by molar-refractivity contribution is 8.01. The number of nitrogens with two attached hydrogens (primary N) is 1. The Labute approximate surface area is 125 Å². The number of nitrogen functional groups attached to an aromatic ring is 1. The summed E-state index contributed by atoms with van der Waals surface area (Å²) >= 11 is 1.53. The number of hydrogen-bond donors (Lipinski definition) is 2. The van der Waals surface area contributed by atoms with Crippen LogP contribution in [0.5, 0.6) is 0 Å². The largest absolute Gasteiger partial charge is 0.338 e. The number of nitrogens with one attached hydrogen (secondary N) is 1. The van der Waals surface area contributed by atoms with Crippen LogP contribution in [0.4, 0.5) is 17.3 Å². The molecule has 0 aromatic carbocycles. The zero-order valence-corrected chi connectivity index (χ0v) is 12.9. The molecular formula is C10H15N5O4S2. The molecule has 0 aliphatic carbocycles. The molecule has 1 atom stereocenters. The summed E-state index contributed by atoms with van der Waals surface area (Å²) in [5, 5.41) is 10.2. The van der Waals surface area contributed by atoms with E-state index in [-0.39, 0.29) is 17.3 Å². The SMILES string of the molecule is CS(=O)(=O)C1CSCCN1c1cc([N+](=O)[O-])cc(NN)n1. The Hall–Kier alpha value is -1.59. The fourth-order valence-corrected chi connectivity index (χ4v) is 4.85. The maximum atomic E-state index is 11.9. The van der Waals surface area contributed by atoms with Crippen LogP contribution in [0.2, 0.25) is 0 Å². The van der Waals surface area contributed by atoms with Crippen LogP contribution in [-0.2, 0) is 9.84 Å². The van der Waals surface area contributed by atoms with E-state index in [0.717, 1.165) is 12.0 Å². The van der Waals surface area contributed by atoms with Gasteiger partial charge in [0.1, 0.15) is 17.0 Å². The summed E-state index contributed by atoms with van der Waals surface area (Å²) in [7, 11) is -3.33. The average Bonchev–Trinajstić information content (AvgIpc) is 2.45. The lowest BCUT2D eigenvalue weighted by molar-refractivity contribution is -0.384. The third-order valence-corrected chi connectivity index (χ3v) is 5.67. The van der Waals surface area contributed by atoms with Gasteiger partial charge in [0.05, 0.1) is 17.1 Å². The molecule has 0 bridgehead atoms. The first-order valence-corrected chi connectivity index (χ1v) is 9.10. The first kappa shape index (κ1) is 15.8. The van der Waals surface area contributed by atoms with Crippen molar-refractivity contribution in [3.05, 3.63) is 22.2 Å². The molecule has 11 heteroatoms. The fourth-order valence-electron chi connectivity index (χ4n) is 2.03. The van der Waals surface area contributed by atoms with E-state index in [9.17, 15) is 18.5 Å². The van der Waals surface area contributed by atoms with Gasteiger partial charge in [0.2, 0.25) is 0 Å². The smallest absolute Gasteiger partial charge is 0.276 e. The third kappa shape index (κ3) is 3.54. The molecule has 2 rings (SSSR count). The Morgan fingerprint density at radius 3 is 2.86 bits per heavy atom. The summed E-state index contributed by atoms with van der Waals surface area (Å²) in [6.07, 6.45) is 1.15. The Balaban J connectivity index is 2.47. The average molecular weight is 333 g/mol. The molecule has 2 heterocycles. The lowest BCUT2D eigenvalue weighted by Gasteiger charge is -2.34. The van der Waals surface area contributed by atoms with Gasteiger partial charge in [-0.15, -0.1) is 0 Å². The van der Waals surface area contributed by atoms with Crippen molar-refractivity contribution in [1.82, 2.24) is 4.98 Å². The zero-order valence-electron chi connectivity index (χ0n) is 11.2. The molecule has 0 spiro atoms. The molecule has 1 aliphatic rings. The summed E-state index contributed by atoms with van der Waals surface area (Å²) in [4.78, 5) is 16.1. The molecule has 1 saturated heterocycles. The number of nitro groups is 1.